The number of thiazole rings is 1. The molecule has 9 heteroatoms. The number of nitrogens with zero attached hydrogens (tertiary/aromatic N) is 1. The number of carbonyl (C=O) groups excluding carboxylic acids is 2. The zero-order chi connectivity index (χ0) is 19.7. The molecule has 0 unspecified atom stereocenters. The number of hydrogen-bond acceptors (Lipinski definition) is 6. The van der Waals surface area contributed by atoms with Gasteiger partial charge in [0, 0.05) is 16.9 Å². The standard InChI is InChI=1S/C19H16FN3O3S2/c1-26-14-5-4-11(20)8-12(14)13-9-27-19(21-13)23-18(25)15-6-7-16(28-15)22-17(24)10-2-3-10/h4-10H,2-3H2,1H3,(H,22,24)(H,21,23,25). The van der Waals surface area contributed by atoms with Crippen LogP contribution in [0.1, 0.15) is 22.5 Å². The zero-order valence-corrected chi connectivity index (χ0v) is 16.5. The Balaban J connectivity index is 1.45. The van der Waals surface area contributed by atoms with Gasteiger partial charge in [0.15, 0.2) is 5.13 Å². The van der Waals surface area contributed by atoms with Crippen LogP contribution in [-0.2, 0) is 4.79 Å². The lowest BCUT2D eigenvalue weighted by atomic mass is 10.1. The molecule has 4 rings (SSSR count). The zero-order valence-electron chi connectivity index (χ0n) is 14.8. The third-order valence-electron chi connectivity index (χ3n) is 4.19. The molecule has 2 aromatic heterocycles. The number of rotatable bonds is 6. The Morgan fingerprint density at radius 2 is 2.04 bits per heavy atom. The number of halogens is 1. The van der Waals surface area contributed by atoms with Crippen LogP contribution in [-0.4, -0.2) is 23.9 Å². The molecule has 3 aromatic rings. The monoisotopic (exact) mass is 417 g/mol. The maximum Gasteiger partial charge on any atom is 0.267 e. The van der Waals surface area contributed by atoms with E-state index in [2.05, 4.69) is 15.6 Å². The molecule has 1 aromatic carbocycles. The van der Waals surface area contributed by atoms with Gasteiger partial charge in [0.25, 0.3) is 5.91 Å². The maximum absolute atomic E-state index is 13.6. The Morgan fingerprint density at radius 3 is 2.79 bits per heavy atom. The summed E-state index contributed by atoms with van der Waals surface area (Å²) < 4.78 is 18.8. The summed E-state index contributed by atoms with van der Waals surface area (Å²) in [7, 11) is 1.50. The van der Waals surface area contributed by atoms with Gasteiger partial charge in [0.05, 0.1) is 22.7 Å². The van der Waals surface area contributed by atoms with E-state index < -0.39 is 5.82 Å². The van der Waals surface area contributed by atoms with Crippen molar-refractivity contribution < 1.29 is 18.7 Å². The van der Waals surface area contributed by atoms with E-state index in [1.165, 1.54) is 48.0 Å². The van der Waals surface area contributed by atoms with Crippen LogP contribution in [0.25, 0.3) is 11.3 Å². The first-order valence-electron chi connectivity index (χ1n) is 8.55. The second-order valence-electron chi connectivity index (χ2n) is 6.26. The van der Waals surface area contributed by atoms with Crippen molar-refractivity contribution in [2.45, 2.75) is 12.8 Å². The van der Waals surface area contributed by atoms with Crippen molar-refractivity contribution in [1.82, 2.24) is 4.98 Å². The van der Waals surface area contributed by atoms with Crippen LogP contribution in [0.5, 0.6) is 5.75 Å². The maximum atomic E-state index is 13.6. The quantitative estimate of drug-likeness (QED) is 0.613. The van der Waals surface area contributed by atoms with Crippen LogP contribution < -0.4 is 15.4 Å². The highest BCUT2D eigenvalue weighted by Gasteiger charge is 2.30. The van der Waals surface area contributed by atoms with Crippen molar-refractivity contribution in [1.29, 1.82) is 0 Å². The van der Waals surface area contributed by atoms with Crippen LogP contribution in [0, 0.1) is 11.7 Å². The van der Waals surface area contributed by atoms with Gasteiger partial charge in [0.1, 0.15) is 11.6 Å². The summed E-state index contributed by atoms with van der Waals surface area (Å²) in [5.74, 6) is -0.105. The minimum absolute atomic E-state index is 0.00224. The van der Waals surface area contributed by atoms with E-state index >= 15 is 0 Å². The van der Waals surface area contributed by atoms with E-state index in [0.29, 0.717) is 32.0 Å². The number of anilines is 2. The highest BCUT2D eigenvalue weighted by Crippen LogP contribution is 2.34. The van der Waals surface area contributed by atoms with Crippen molar-refractivity contribution in [3.8, 4) is 17.0 Å². The fourth-order valence-corrected chi connectivity index (χ4v) is 4.10. The van der Waals surface area contributed by atoms with E-state index in [1.54, 1.807) is 17.5 Å². The van der Waals surface area contributed by atoms with Gasteiger partial charge in [-0.2, -0.15) is 0 Å². The molecule has 2 amide bonds. The van der Waals surface area contributed by atoms with Crippen molar-refractivity contribution in [3.05, 3.63) is 46.4 Å². The van der Waals surface area contributed by atoms with Gasteiger partial charge < -0.3 is 10.1 Å². The molecule has 0 radical (unpaired) electrons. The third-order valence-corrected chi connectivity index (χ3v) is 5.94. The Kier molecular flexibility index (Phi) is 5.10. The lowest BCUT2D eigenvalue weighted by Gasteiger charge is -2.05. The number of ether oxygens (including phenoxy) is 1. The summed E-state index contributed by atoms with van der Waals surface area (Å²) in [5.41, 5.74) is 1.03. The Labute approximate surface area is 168 Å². The van der Waals surface area contributed by atoms with Gasteiger partial charge in [-0.25, -0.2) is 9.37 Å². The molecule has 1 aliphatic carbocycles. The summed E-state index contributed by atoms with van der Waals surface area (Å²) in [6.45, 7) is 0. The molecule has 1 aliphatic rings. The minimum atomic E-state index is -0.395. The molecule has 0 saturated heterocycles. The molecular formula is C19H16FN3O3S2. The average Bonchev–Trinajstić information content (AvgIpc) is 3.27. The second-order valence-corrected chi connectivity index (χ2v) is 8.21. The number of aromatic nitrogens is 1. The van der Waals surface area contributed by atoms with Crippen molar-refractivity contribution in [2.75, 3.05) is 17.7 Å². The number of thiophene rings is 1. The first-order chi connectivity index (χ1) is 13.5. The van der Waals surface area contributed by atoms with Gasteiger partial charge >= 0.3 is 0 Å². The lowest BCUT2D eigenvalue weighted by Crippen LogP contribution is -2.12. The fourth-order valence-electron chi connectivity index (χ4n) is 2.59. The van der Waals surface area contributed by atoms with E-state index in [0.717, 1.165) is 12.8 Å². The predicted molar refractivity (Wildman–Crippen MR) is 108 cm³/mol. The number of methoxy groups -OCH3 is 1. The van der Waals surface area contributed by atoms with E-state index in [-0.39, 0.29) is 17.7 Å². The normalized spacial score (nSPS) is 13.2. The molecule has 0 bridgehead atoms. The smallest absolute Gasteiger partial charge is 0.267 e. The fraction of sp³-hybridized carbons (Fsp3) is 0.211. The van der Waals surface area contributed by atoms with Gasteiger partial charge in [-0.1, -0.05) is 0 Å². The van der Waals surface area contributed by atoms with E-state index in [4.69, 9.17) is 4.74 Å². The number of carbonyl (C=O) groups is 2. The SMILES string of the molecule is COc1ccc(F)cc1-c1csc(NC(=O)c2ccc(NC(=O)C3CC3)s2)n1. The van der Waals surface area contributed by atoms with Crippen LogP contribution >= 0.6 is 22.7 Å². The Morgan fingerprint density at radius 1 is 1.21 bits per heavy atom. The largest absolute Gasteiger partial charge is 0.496 e. The number of amides is 2. The Bertz CT molecular complexity index is 1040. The molecule has 0 spiro atoms. The number of hydrogen-bond donors (Lipinski definition) is 2. The summed E-state index contributed by atoms with van der Waals surface area (Å²) in [4.78, 5) is 29.1. The Hall–Kier alpha value is -2.78. The second kappa shape index (κ2) is 7.69. The van der Waals surface area contributed by atoms with Gasteiger partial charge in [-0.15, -0.1) is 22.7 Å². The van der Waals surface area contributed by atoms with Crippen molar-refractivity contribution >= 4 is 44.6 Å². The van der Waals surface area contributed by atoms with Crippen molar-refractivity contribution in [2.24, 2.45) is 5.92 Å². The topological polar surface area (TPSA) is 80.3 Å². The molecular weight excluding hydrogens is 401 g/mol. The van der Waals surface area contributed by atoms with Gasteiger partial charge in [0.2, 0.25) is 5.91 Å². The lowest BCUT2D eigenvalue weighted by molar-refractivity contribution is -0.117. The summed E-state index contributed by atoms with van der Waals surface area (Å²) >= 11 is 2.44. The molecule has 144 valence electrons. The summed E-state index contributed by atoms with van der Waals surface area (Å²) in [6.07, 6.45) is 1.85. The van der Waals surface area contributed by atoms with Crippen LogP contribution in [0.4, 0.5) is 14.5 Å². The first kappa shape index (κ1) is 18.6. The molecule has 0 aliphatic heterocycles. The highest BCUT2D eigenvalue weighted by atomic mass is 32.1. The van der Waals surface area contributed by atoms with Crippen molar-refractivity contribution in [3.63, 3.8) is 0 Å². The molecule has 2 heterocycles. The predicted octanol–water partition coefficient (Wildman–Crippen LogP) is 4.62. The van der Waals surface area contributed by atoms with Crippen LogP contribution in [0.3, 0.4) is 0 Å². The number of benzene rings is 1. The first-order valence-corrected chi connectivity index (χ1v) is 10.2. The molecule has 6 nitrogen and oxygen atoms in total. The molecule has 2 N–H and O–H groups in total. The molecule has 28 heavy (non-hydrogen) atoms. The van der Waals surface area contributed by atoms with Gasteiger partial charge in [-0.3, -0.25) is 14.9 Å². The molecule has 1 fully saturated rings. The molecule has 0 atom stereocenters. The van der Waals surface area contributed by atoms with Crippen LogP contribution in [0.15, 0.2) is 35.7 Å². The average molecular weight is 417 g/mol. The molecule has 1 saturated carbocycles. The van der Waals surface area contributed by atoms with E-state index in [9.17, 15) is 14.0 Å². The summed E-state index contributed by atoms with van der Waals surface area (Å²) in [5, 5.41) is 8.32. The van der Waals surface area contributed by atoms with Crippen LogP contribution in [0.2, 0.25) is 0 Å². The highest BCUT2D eigenvalue weighted by molar-refractivity contribution is 7.18. The van der Waals surface area contributed by atoms with Gasteiger partial charge in [-0.05, 0) is 43.2 Å². The third kappa shape index (κ3) is 4.05. The number of nitrogens with one attached hydrogen (secondary N) is 2. The minimum Gasteiger partial charge on any atom is -0.496 e. The van der Waals surface area contributed by atoms with E-state index in [1.807, 2.05) is 0 Å². The summed E-state index contributed by atoms with van der Waals surface area (Å²) in [6, 6.07) is 7.56.